The van der Waals surface area contributed by atoms with Crippen molar-refractivity contribution in [1.82, 2.24) is 0 Å². The SMILES string of the molecule is C=C(C)C(=O)O.O=C(/C=C\C(=O)OC(=O)C1CC2C=CC1C2)OC(=O)C1CC2C=CC1C2. The zero-order chi connectivity index (χ0) is 23.4. The van der Waals surface area contributed by atoms with Crippen LogP contribution in [-0.4, -0.2) is 35.0 Å². The maximum Gasteiger partial charge on any atom is 0.338 e. The van der Waals surface area contributed by atoms with Crippen LogP contribution in [0.4, 0.5) is 0 Å². The Hall–Kier alpha value is -3.29. The number of ether oxygens (including phenoxy) is 2. The Morgan fingerprint density at radius 2 is 1.16 bits per heavy atom. The molecule has 8 heteroatoms. The van der Waals surface area contributed by atoms with Crippen molar-refractivity contribution in [1.29, 1.82) is 0 Å². The van der Waals surface area contributed by atoms with E-state index in [0.717, 1.165) is 25.0 Å². The highest BCUT2D eigenvalue weighted by Crippen LogP contribution is 2.44. The molecule has 170 valence electrons. The first-order valence-corrected chi connectivity index (χ1v) is 10.6. The highest BCUT2D eigenvalue weighted by Gasteiger charge is 2.42. The molecule has 0 aromatic rings. The van der Waals surface area contributed by atoms with Crippen LogP contribution in [-0.2, 0) is 33.4 Å². The number of hydrogen-bond acceptors (Lipinski definition) is 7. The molecule has 0 heterocycles. The van der Waals surface area contributed by atoms with Crippen molar-refractivity contribution in [2.45, 2.75) is 32.6 Å². The summed E-state index contributed by atoms with van der Waals surface area (Å²) >= 11 is 0. The maximum atomic E-state index is 12.0. The van der Waals surface area contributed by atoms with E-state index in [-0.39, 0.29) is 29.2 Å². The van der Waals surface area contributed by atoms with Crippen LogP contribution in [0.5, 0.6) is 0 Å². The number of carbonyl (C=O) groups excluding carboxylic acids is 4. The maximum absolute atomic E-state index is 12.0. The molecule has 0 saturated heterocycles. The van der Waals surface area contributed by atoms with Gasteiger partial charge in [-0.2, -0.15) is 0 Å². The zero-order valence-corrected chi connectivity index (χ0v) is 17.8. The number of fused-ring (bicyclic) bond motifs is 4. The first-order chi connectivity index (χ1) is 15.1. The van der Waals surface area contributed by atoms with Crippen LogP contribution in [0.3, 0.4) is 0 Å². The van der Waals surface area contributed by atoms with Gasteiger partial charge in [-0.3, -0.25) is 9.59 Å². The number of aliphatic carboxylic acids is 1. The fourth-order valence-corrected chi connectivity index (χ4v) is 4.66. The fraction of sp³-hybridized carbons (Fsp3) is 0.458. The minimum absolute atomic E-state index is 0.141. The van der Waals surface area contributed by atoms with E-state index in [1.54, 1.807) is 0 Å². The van der Waals surface area contributed by atoms with E-state index >= 15 is 0 Å². The van der Waals surface area contributed by atoms with Gasteiger partial charge in [0.2, 0.25) is 0 Å². The Bertz CT molecular complexity index is 850. The summed E-state index contributed by atoms with van der Waals surface area (Å²) in [7, 11) is 0. The second-order valence-electron chi connectivity index (χ2n) is 8.67. The van der Waals surface area contributed by atoms with Gasteiger partial charge in [0.05, 0.1) is 11.8 Å². The topological polar surface area (TPSA) is 124 Å². The molecule has 0 aliphatic heterocycles. The van der Waals surface area contributed by atoms with E-state index in [1.807, 2.05) is 12.2 Å². The van der Waals surface area contributed by atoms with Crippen LogP contribution < -0.4 is 0 Å². The number of carbonyl (C=O) groups is 5. The highest BCUT2D eigenvalue weighted by atomic mass is 16.6. The lowest BCUT2D eigenvalue weighted by molar-refractivity contribution is -0.162. The standard InChI is InChI=1S/C20H20O6.C4H6O2/c21-17(25-19(23)15-9-11-1-3-13(15)7-11)5-6-18(22)26-20(24)16-10-12-2-4-14(16)8-12;1-3(2)4(5)6/h1-6,11-16H,7-10H2;1H2,2H3,(H,5,6)/b6-5-;. The van der Waals surface area contributed by atoms with Gasteiger partial charge in [-0.1, -0.05) is 30.9 Å². The summed E-state index contributed by atoms with van der Waals surface area (Å²) < 4.78 is 9.56. The van der Waals surface area contributed by atoms with Gasteiger partial charge >= 0.3 is 29.8 Å². The second kappa shape index (κ2) is 9.89. The summed E-state index contributed by atoms with van der Waals surface area (Å²) in [6.07, 6.45) is 13.1. The van der Waals surface area contributed by atoms with Crippen molar-refractivity contribution in [3.63, 3.8) is 0 Å². The van der Waals surface area contributed by atoms with Crippen LogP contribution in [0.1, 0.15) is 32.6 Å². The average Bonchev–Trinajstić information content (AvgIpc) is 3.54. The van der Waals surface area contributed by atoms with E-state index in [1.165, 1.54) is 6.92 Å². The molecule has 0 amide bonds. The third kappa shape index (κ3) is 5.69. The smallest absolute Gasteiger partial charge is 0.338 e. The number of esters is 4. The lowest BCUT2D eigenvalue weighted by atomic mass is 9.94. The minimum atomic E-state index is -0.935. The number of allylic oxidation sites excluding steroid dienone is 4. The Morgan fingerprint density at radius 1 is 0.781 bits per heavy atom. The van der Waals surface area contributed by atoms with Crippen LogP contribution in [0.2, 0.25) is 0 Å². The van der Waals surface area contributed by atoms with E-state index in [4.69, 9.17) is 14.6 Å². The molecule has 6 atom stereocenters. The number of carboxylic acid groups (broad SMARTS) is 1. The van der Waals surface area contributed by atoms with E-state index in [0.29, 0.717) is 24.7 Å². The molecule has 0 aromatic carbocycles. The first kappa shape index (κ1) is 23.4. The molecule has 0 aromatic heterocycles. The van der Waals surface area contributed by atoms with Crippen molar-refractivity contribution in [3.05, 3.63) is 48.6 Å². The minimum Gasteiger partial charge on any atom is -0.478 e. The molecular formula is C24H26O8. The first-order valence-electron chi connectivity index (χ1n) is 10.6. The van der Waals surface area contributed by atoms with Gasteiger partial charge < -0.3 is 14.6 Å². The highest BCUT2D eigenvalue weighted by molar-refractivity contribution is 5.99. The van der Waals surface area contributed by atoms with E-state index in [2.05, 4.69) is 18.7 Å². The molecule has 32 heavy (non-hydrogen) atoms. The molecule has 6 unspecified atom stereocenters. The van der Waals surface area contributed by atoms with Crippen molar-refractivity contribution < 1.29 is 38.6 Å². The quantitative estimate of drug-likeness (QED) is 0.298. The Balaban J connectivity index is 0.000000427. The molecule has 4 bridgehead atoms. The number of rotatable bonds is 5. The van der Waals surface area contributed by atoms with Gasteiger partial charge in [0.15, 0.2) is 0 Å². The van der Waals surface area contributed by atoms with Crippen molar-refractivity contribution in [3.8, 4) is 0 Å². The summed E-state index contributed by atoms with van der Waals surface area (Å²) in [5, 5.41) is 7.89. The largest absolute Gasteiger partial charge is 0.478 e. The van der Waals surface area contributed by atoms with Crippen molar-refractivity contribution >= 4 is 29.8 Å². The number of carboxylic acids is 1. The van der Waals surface area contributed by atoms with Crippen LogP contribution in [0, 0.1) is 35.5 Å². The summed E-state index contributed by atoms with van der Waals surface area (Å²) in [5.41, 5.74) is 0.176. The molecule has 4 aliphatic rings. The Labute approximate surface area is 185 Å². The van der Waals surface area contributed by atoms with Gasteiger partial charge in [0.25, 0.3) is 0 Å². The molecule has 0 radical (unpaired) electrons. The Kier molecular flexibility index (Phi) is 7.22. The summed E-state index contributed by atoms with van der Waals surface area (Å²) in [6.45, 7) is 4.60. The van der Waals surface area contributed by atoms with Gasteiger partial charge in [-0.25, -0.2) is 14.4 Å². The monoisotopic (exact) mass is 442 g/mol. The van der Waals surface area contributed by atoms with Crippen LogP contribution in [0.15, 0.2) is 48.6 Å². The van der Waals surface area contributed by atoms with Crippen molar-refractivity contribution in [2.24, 2.45) is 35.5 Å². The molecule has 0 spiro atoms. The lowest BCUT2D eigenvalue weighted by Gasteiger charge is -2.15. The van der Waals surface area contributed by atoms with Gasteiger partial charge in [0, 0.05) is 17.7 Å². The van der Waals surface area contributed by atoms with E-state index < -0.39 is 29.8 Å². The predicted octanol–water partition coefficient (Wildman–Crippen LogP) is 2.75. The predicted molar refractivity (Wildman–Crippen MR) is 111 cm³/mol. The lowest BCUT2D eigenvalue weighted by Crippen LogP contribution is -2.24. The normalized spacial score (nSPS) is 30.7. The Morgan fingerprint density at radius 3 is 1.41 bits per heavy atom. The third-order valence-electron chi connectivity index (χ3n) is 6.29. The zero-order valence-electron chi connectivity index (χ0n) is 17.8. The van der Waals surface area contributed by atoms with Gasteiger partial charge in [-0.05, 0) is 56.3 Å². The summed E-state index contributed by atoms with van der Waals surface area (Å²) in [4.78, 5) is 57.1. The summed E-state index contributed by atoms with van der Waals surface area (Å²) in [5.74, 6) is -3.41. The van der Waals surface area contributed by atoms with E-state index in [9.17, 15) is 24.0 Å². The van der Waals surface area contributed by atoms with Crippen LogP contribution >= 0.6 is 0 Å². The van der Waals surface area contributed by atoms with Crippen LogP contribution in [0.25, 0.3) is 0 Å². The van der Waals surface area contributed by atoms with Gasteiger partial charge in [0.1, 0.15) is 0 Å². The molecule has 4 rings (SSSR count). The molecule has 2 fully saturated rings. The third-order valence-corrected chi connectivity index (χ3v) is 6.29. The molecule has 2 saturated carbocycles. The fourth-order valence-electron chi connectivity index (χ4n) is 4.66. The molecule has 8 nitrogen and oxygen atoms in total. The molecule has 4 aliphatic carbocycles. The number of hydrogen-bond donors (Lipinski definition) is 1. The average molecular weight is 442 g/mol. The van der Waals surface area contributed by atoms with Crippen molar-refractivity contribution in [2.75, 3.05) is 0 Å². The summed E-state index contributed by atoms with van der Waals surface area (Å²) in [6, 6.07) is 0. The molecule has 1 N–H and O–H groups in total. The van der Waals surface area contributed by atoms with Gasteiger partial charge in [-0.15, -0.1) is 0 Å². The molecular weight excluding hydrogens is 416 g/mol. The second-order valence-corrected chi connectivity index (χ2v) is 8.67.